The molecule has 0 amide bonds. The lowest BCUT2D eigenvalue weighted by atomic mass is 10.1. The zero-order valence-electron chi connectivity index (χ0n) is 11.9. The van der Waals surface area contributed by atoms with Gasteiger partial charge >= 0.3 is 5.97 Å². The Hall–Kier alpha value is -2.77. The number of hydrogen-bond acceptors (Lipinski definition) is 5. The van der Waals surface area contributed by atoms with Crippen LogP contribution in [0.15, 0.2) is 12.1 Å². The third-order valence-corrected chi connectivity index (χ3v) is 3.06. The van der Waals surface area contributed by atoms with E-state index in [0.29, 0.717) is 6.42 Å². The lowest BCUT2D eigenvalue weighted by molar-refractivity contribution is 0.0686. The first kappa shape index (κ1) is 15.6. The van der Waals surface area contributed by atoms with Gasteiger partial charge in [-0.3, -0.25) is 0 Å². The standard InChI is InChI=1S/C14H13F2N3O3/c1-3-6-4-9(16)7(5-8(6)15)13-18-10(14(20)21)11(22-2)12(17)19-13/h4-5H,3H2,1-2H3,(H,20,21)(H2,17,18,19). The number of hydrogen-bond donors (Lipinski definition) is 2. The maximum absolute atomic E-state index is 14.1. The van der Waals surface area contributed by atoms with Gasteiger partial charge < -0.3 is 15.6 Å². The molecule has 1 aromatic heterocycles. The molecule has 0 aliphatic rings. The van der Waals surface area contributed by atoms with E-state index in [1.807, 2.05) is 0 Å². The molecule has 6 nitrogen and oxygen atoms in total. The van der Waals surface area contributed by atoms with Crippen LogP contribution in [0.25, 0.3) is 11.4 Å². The summed E-state index contributed by atoms with van der Waals surface area (Å²) in [6.45, 7) is 1.68. The fraction of sp³-hybridized carbons (Fsp3) is 0.214. The number of rotatable bonds is 4. The van der Waals surface area contributed by atoms with Gasteiger partial charge in [-0.2, -0.15) is 0 Å². The second kappa shape index (κ2) is 5.92. The summed E-state index contributed by atoms with van der Waals surface area (Å²) < 4.78 is 32.7. The number of carbonyl (C=O) groups is 1. The topological polar surface area (TPSA) is 98.3 Å². The molecule has 0 saturated carbocycles. The Balaban J connectivity index is 2.68. The number of carboxylic acids is 1. The number of carboxylic acid groups (broad SMARTS) is 1. The second-order valence-corrected chi connectivity index (χ2v) is 4.40. The van der Waals surface area contributed by atoms with Crippen molar-refractivity contribution in [1.29, 1.82) is 0 Å². The SMILES string of the molecule is CCc1cc(F)c(-c2nc(N)c(OC)c(C(=O)O)n2)cc1F. The zero-order valence-corrected chi connectivity index (χ0v) is 11.9. The van der Waals surface area contributed by atoms with Gasteiger partial charge in [0.05, 0.1) is 12.7 Å². The Labute approximate surface area is 124 Å². The van der Waals surface area contributed by atoms with Crippen molar-refractivity contribution in [3.63, 3.8) is 0 Å². The van der Waals surface area contributed by atoms with Crippen LogP contribution in [0.1, 0.15) is 23.0 Å². The highest BCUT2D eigenvalue weighted by atomic mass is 19.1. The van der Waals surface area contributed by atoms with Crippen LogP contribution in [-0.2, 0) is 6.42 Å². The minimum absolute atomic E-state index is 0.196. The number of halogens is 2. The van der Waals surface area contributed by atoms with E-state index < -0.39 is 23.3 Å². The van der Waals surface area contributed by atoms with Crippen molar-refractivity contribution in [1.82, 2.24) is 9.97 Å². The summed E-state index contributed by atoms with van der Waals surface area (Å²) in [5.74, 6) is -3.65. The molecular weight excluding hydrogens is 296 g/mol. The van der Waals surface area contributed by atoms with Crippen LogP contribution in [0.2, 0.25) is 0 Å². The van der Waals surface area contributed by atoms with Gasteiger partial charge in [0.1, 0.15) is 11.6 Å². The number of aromatic carboxylic acids is 1. The molecule has 2 aromatic rings. The number of nitrogens with zero attached hydrogens (tertiary/aromatic N) is 2. The second-order valence-electron chi connectivity index (χ2n) is 4.40. The molecule has 8 heteroatoms. The molecule has 0 aliphatic heterocycles. The highest BCUT2D eigenvalue weighted by molar-refractivity contribution is 5.91. The number of nitrogen functional groups attached to an aromatic ring is 1. The Morgan fingerprint density at radius 3 is 2.55 bits per heavy atom. The molecular formula is C14H13F2N3O3. The molecule has 0 spiro atoms. The maximum Gasteiger partial charge on any atom is 0.358 e. The minimum Gasteiger partial charge on any atom is -0.491 e. The number of benzene rings is 1. The first-order chi connectivity index (χ1) is 10.4. The largest absolute Gasteiger partial charge is 0.491 e. The smallest absolute Gasteiger partial charge is 0.358 e. The molecule has 0 bridgehead atoms. The minimum atomic E-state index is -1.42. The molecule has 0 aliphatic carbocycles. The van der Waals surface area contributed by atoms with Gasteiger partial charge in [0.2, 0.25) is 0 Å². The molecule has 22 heavy (non-hydrogen) atoms. The maximum atomic E-state index is 14.1. The molecule has 1 heterocycles. The lowest BCUT2D eigenvalue weighted by Crippen LogP contribution is -2.10. The molecule has 1 aromatic carbocycles. The fourth-order valence-corrected chi connectivity index (χ4v) is 1.96. The van der Waals surface area contributed by atoms with Crippen molar-refractivity contribution >= 4 is 11.8 Å². The molecule has 116 valence electrons. The fourth-order valence-electron chi connectivity index (χ4n) is 1.96. The molecule has 3 N–H and O–H groups in total. The van der Waals surface area contributed by atoms with Crippen LogP contribution in [-0.4, -0.2) is 28.2 Å². The van der Waals surface area contributed by atoms with Crippen molar-refractivity contribution in [2.75, 3.05) is 12.8 Å². The van der Waals surface area contributed by atoms with Gasteiger partial charge in [0, 0.05) is 0 Å². The number of aryl methyl sites for hydroxylation is 1. The number of aromatic nitrogens is 2. The van der Waals surface area contributed by atoms with E-state index in [1.165, 1.54) is 7.11 Å². The summed E-state index contributed by atoms with van der Waals surface area (Å²) >= 11 is 0. The molecule has 0 radical (unpaired) electrons. The Morgan fingerprint density at radius 2 is 2.00 bits per heavy atom. The monoisotopic (exact) mass is 309 g/mol. The molecule has 2 rings (SSSR count). The third kappa shape index (κ3) is 2.67. The van der Waals surface area contributed by atoms with E-state index in [0.717, 1.165) is 12.1 Å². The summed E-state index contributed by atoms with van der Waals surface area (Å²) in [7, 11) is 1.21. The summed E-state index contributed by atoms with van der Waals surface area (Å²) in [5.41, 5.74) is 5.00. The van der Waals surface area contributed by atoms with Crippen LogP contribution in [0.3, 0.4) is 0 Å². The van der Waals surface area contributed by atoms with Crippen molar-refractivity contribution in [3.8, 4) is 17.1 Å². The molecule has 0 fully saturated rings. The first-order valence-corrected chi connectivity index (χ1v) is 6.32. The number of methoxy groups -OCH3 is 1. The number of ether oxygens (including phenoxy) is 1. The van der Waals surface area contributed by atoms with Crippen molar-refractivity contribution in [3.05, 3.63) is 35.0 Å². The van der Waals surface area contributed by atoms with E-state index in [1.54, 1.807) is 6.92 Å². The van der Waals surface area contributed by atoms with Crippen molar-refractivity contribution < 1.29 is 23.4 Å². The summed E-state index contributed by atoms with van der Waals surface area (Å²) in [4.78, 5) is 18.7. The average Bonchev–Trinajstić information content (AvgIpc) is 2.48. The quantitative estimate of drug-likeness (QED) is 0.899. The number of nitrogens with two attached hydrogens (primary N) is 1. The van der Waals surface area contributed by atoms with Crippen LogP contribution in [0, 0.1) is 11.6 Å². The Morgan fingerprint density at radius 1 is 1.32 bits per heavy atom. The highest BCUT2D eigenvalue weighted by Crippen LogP contribution is 2.29. The predicted molar refractivity (Wildman–Crippen MR) is 74.7 cm³/mol. The predicted octanol–water partition coefficient (Wildman–Crippen LogP) is 2.27. The Bertz CT molecular complexity index is 751. The summed E-state index contributed by atoms with van der Waals surface area (Å²) in [6, 6.07) is 1.94. The van der Waals surface area contributed by atoms with E-state index in [2.05, 4.69) is 9.97 Å². The molecule has 0 atom stereocenters. The van der Waals surface area contributed by atoms with Crippen LogP contribution in [0.4, 0.5) is 14.6 Å². The zero-order chi connectivity index (χ0) is 16.4. The van der Waals surface area contributed by atoms with Crippen LogP contribution < -0.4 is 10.5 Å². The summed E-state index contributed by atoms with van der Waals surface area (Å²) in [6.07, 6.45) is 0.315. The van der Waals surface area contributed by atoms with Crippen LogP contribution in [0.5, 0.6) is 5.75 Å². The van der Waals surface area contributed by atoms with Crippen molar-refractivity contribution in [2.45, 2.75) is 13.3 Å². The molecule has 0 saturated heterocycles. The van der Waals surface area contributed by atoms with E-state index in [-0.39, 0.29) is 28.5 Å². The molecule has 0 unspecified atom stereocenters. The van der Waals surface area contributed by atoms with Gasteiger partial charge in [-0.1, -0.05) is 6.92 Å². The Kier molecular flexibility index (Phi) is 4.20. The van der Waals surface area contributed by atoms with Gasteiger partial charge in [0.15, 0.2) is 23.1 Å². The average molecular weight is 309 g/mol. The number of anilines is 1. The lowest BCUT2D eigenvalue weighted by Gasteiger charge is -2.10. The normalized spacial score (nSPS) is 10.5. The van der Waals surface area contributed by atoms with E-state index in [4.69, 9.17) is 15.6 Å². The van der Waals surface area contributed by atoms with Crippen LogP contribution >= 0.6 is 0 Å². The third-order valence-electron chi connectivity index (χ3n) is 3.06. The van der Waals surface area contributed by atoms with Gasteiger partial charge in [-0.15, -0.1) is 0 Å². The van der Waals surface area contributed by atoms with Gasteiger partial charge in [0.25, 0.3) is 0 Å². The first-order valence-electron chi connectivity index (χ1n) is 6.32. The van der Waals surface area contributed by atoms with E-state index >= 15 is 0 Å². The van der Waals surface area contributed by atoms with Crippen molar-refractivity contribution in [2.24, 2.45) is 0 Å². The van der Waals surface area contributed by atoms with Gasteiger partial charge in [-0.05, 0) is 24.1 Å². The van der Waals surface area contributed by atoms with Gasteiger partial charge in [-0.25, -0.2) is 23.5 Å². The highest BCUT2D eigenvalue weighted by Gasteiger charge is 2.22. The summed E-state index contributed by atoms with van der Waals surface area (Å²) in [5, 5.41) is 9.10. The van der Waals surface area contributed by atoms with E-state index in [9.17, 15) is 13.6 Å².